The van der Waals surface area contributed by atoms with Crippen LogP contribution in [0.25, 0.3) is 0 Å². The van der Waals surface area contributed by atoms with Crippen LogP contribution in [-0.2, 0) is 0 Å². The van der Waals surface area contributed by atoms with E-state index < -0.39 is 0 Å². The van der Waals surface area contributed by atoms with Crippen LogP contribution in [0.1, 0.15) is 136 Å². The van der Waals surface area contributed by atoms with Crippen molar-refractivity contribution in [2.24, 2.45) is 23.2 Å². The SMILES string of the molecule is CCCCCCCC1(C#N)CCC(C(C)=C[C@H]2CC[C@H](CCCCC)CC2)CC1. The molecule has 1 heteroatoms. The Bertz CT molecular complexity index is 495. The third kappa shape index (κ3) is 8.47. The number of unbranched alkanes of at least 4 members (excludes halogenated alkanes) is 6. The minimum Gasteiger partial charge on any atom is -0.198 e. The van der Waals surface area contributed by atoms with Crippen LogP contribution in [0, 0.1) is 34.5 Å². The van der Waals surface area contributed by atoms with Crippen LogP contribution in [0.15, 0.2) is 11.6 Å². The maximum absolute atomic E-state index is 9.87. The molecule has 0 N–H and O–H groups in total. The molecule has 2 aliphatic rings. The maximum Gasteiger partial charge on any atom is 0.0689 e. The molecule has 0 aromatic rings. The molecule has 29 heavy (non-hydrogen) atoms. The lowest BCUT2D eigenvalue weighted by atomic mass is 9.67. The molecule has 0 aliphatic heterocycles. The quantitative estimate of drug-likeness (QED) is 0.237. The number of hydrogen-bond donors (Lipinski definition) is 0. The highest BCUT2D eigenvalue weighted by atomic mass is 14.4. The zero-order valence-electron chi connectivity index (χ0n) is 20.0. The van der Waals surface area contributed by atoms with E-state index in [1.165, 1.54) is 96.3 Å². The van der Waals surface area contributed by atoms with E-state index in [0.29, 0.717) is 0 Å². The Morgan fingerprint density at radius 1 is 0.862 bits per heavy atom. The molecule has 0 spiro atoms. The third-order valence-electron chi connectivity index (χ3n) is 8.19. The molecule has 0 unspecified atom stereocenters. The minimum absolute atomic E-state index is 0.000453. The molecule has 0 heterocycles. The van der Waals surface area contributed by atoms with E-state index >= 15 is 0 Å². The van der Waals surface area contributed by atoms with Crippen LogP contribution in [0.5, 0.6) is 0 Å². The minimum atomic E-state index is -0.000453. The van der Waals surface area contributed by atoms with Crippen molar-refractivity contribution in [2.45, 2.75) is 136 Å². The number of allylic oxidation sites excluding steroid dienone is 2. The summed E-state index contributed by atoms with van der Waals surface area (Å²) in [4.78, 5) is 0. The predicted molar refractivity (Wildman–Crippen MR) is 127 cm³/mol. The van der Waals surface area contributed by atoms with Gasteiger partial charge in [0, 0.05) is 0 Å². The molecule has 0 radical (unpaired) electrons. The molecule has 0 aromatic carbocycles. The van der Waals surface area contributed by atoms with Crippen molar-refractivity contribution in [3.05, 3.63) is 11.6 Å². The van der Waals surface area contributed by atoms with Crippen LogP contribution >= 0.6 is 0 Å². The summed E-state index contributed by atoms with van der Waals surface area (Å²) < 4.78 is 0. The van der Waals surface area contributed by atoms with E-state index in [1.807, 2.05) is 0 Å². The molecule has 0 aromatic heterocycles. The van der Waals surface area contributed by atoms with Gasteiger partial charge in [-0.05, 0) is 82.5 Å². The van der Waals surface area contributed by atoms with Gasteiger partial charge in [0.25, 0.3) is 0 Å². The van der Waals surface area contributed by atoms with E-state index in [4.69, 9.17) is 0 Å². The van der Waals surface area contributed by atoms with Crippen molar-refractivity contribution in [2.75, 3.05) is 0 Å². The van der Waals surface area contributed by atoms with E-state index in [9.17, 15) is 5.26 Å². The van der Waals surface area contributed by atoms with Crippen molar-refractivity contribution in [1.29, 1.82) is 5.26 Å². The Labute approximate surface area is 182 Å². The summed E-state index contributed by atoms with van der Waals surface area (Å²) in [6.45, 7) is 6.97. The van der Waals surface area contributed by atoms with E-state index in [-0.39, 0.29) is 5.41 Å². The lowest BCUT2D eigenvalue weighted by Crippen LogP contribution is -2.27. The average molecular weight is 400 g/mol. The third-order valence-corrected chi connectivity index (χ3v) is 8.19. The van der Waals surface area contributed by atoms with Gasteiger partial charge in [0.2, 0.25) is 0 Å². The first-order valence-electron chi connectivity index (χ1n) is 13.2. The fourth-order valence-corrected chi connectivity index (χ4v) is 5.94. The maximum atomic E-state index is 9.87. The van der Waals surface area contributed by atoms with Crippen molar-refractivity contribution in [3.63, 3.8) is 0 Å². The summed E-state index contributed by atoms with van der Waals surface area (Å²) in [7, 11) is 0. The Kier molecular flexibility index (Phi) is 11.4. The van der Waals surface area contributed by atoms with Crippen molar-refractivity contribution >= 4 is 0 Å². The van der Waals surface area contributed by atoms with E-state index in [0.717, 1.165) is 37.0 Å². The molecule has 0 atom stereocenters. The van der Waals surface area contributed by atoms with Crippen LogP contribution in [0.2, 0.25) is 0 Å². The standard InChI is InChI=1S/C28H49N/c1-4-6-8-9-11-19-28(23-29)20-17-27(18-21-28)24(3)22-26-15-13-25(14-16-26)12-10-7-5-2/h22,25-27H,4-21H2,1-3H3/t25-,26-,27?,28?. The fraction of sp³-hybridized carbons (Fsp3) is 0.893. The summed E-state index contributed by atoms with van der Waals surface area (Å²) in [6, 6.07) is 2.76. The molecule has 0 bridgehead atoms. The second-order valence-corrected chi connectivity index (χ2v) is 10.5. The lowest BCUT2D eigenvalue weighted by Gasteiger charge is -2.36. The molecule has 2 saturated carbocycles. The first-order chi connectivity index (χ1) is 14.1. The second kappa shape index (κ2) is 13.5. The molecular formula is C28H49N. The van der Waals surface area contributed by atoms with Gasteiger partial charge >= 0.3 is 0 Å². The van der Waals surface area contributed by atoms with Gasteiger partial charge in [-0.1, -0.05) is 83.3 Å². The predicted octanol–water partition coefficient (Wildman–Crippen LogP) is 9.38. The molecule has 1 nitrogen and oxygen atoms in total. The number of nitrogens with zero attached hydrogens (tertiary/aromatic N) is 1. The van der Waals surface area contributed by atoms with Gasteiger partial charge < -0.3 is 0 Å². The number of rotatable bonds is 12. The highest BCUT2D eigenvalue weighted by Gasteiger charge is 2.35. The topological polar surface area (TPSA) is 23.8 Å². The average Bonchev–Trinajstić information content (AvgIpc) is 2.75. The van der Waals surface area contributed by atoms with Gasteiger partial charge in [-0.15, -0.1) is 0 Å². The van der Waals surface area contributed by atoms with E-state index in [2.05, 4.69) is 32.9 Å². The zero-order valence-corrected chi connectivity index (χ0v) is 20.0. The Hall–Kier alpha value is -0.770. The summed E-state index contributed by atoms with van der Waals surface area (Å²) in [5.41, 5.74) is 1.65. The van der Waals surface area contributed by atoms with Gasteiger partial charge in [0.15, 0.2) is 0 Å². The molecular weight excluding hydrogens is 350 g/mol. The van der Waals surface area contributed by atoms with Gasteiger partial charge in [-0.25, -0.2) is 0 Å². The smallest absolute Gasteiger partial charge is 0.0689 e. The Balaban J connectivity index is 1.72. The van der Waals surface area contributed by atoms with Gasteiger partial charge in [0.05, 0.1) is 11.5 Å². The van der Waals surface area contributed by atoms with Crippen molar-refractivity contribution in [3.8, 4) is 6.07 Å². The lowest BCUT2D eigenvalue weighted by molar-refractivity contribution is 0.206. The monoisotopic (exact) mass is 399 g/mol. The molecule has 2 rings (SSSR count). The molecule has 2 fully saturated rings. The molecule has 0 amide bonds. The molecule has 0 saturated heterocycles. The Morgan fingerprint density at radius 3 is 2.10 bits per heavy atom. The van der Waals surface area contributed by atoms with Crippen LogP contribution < -0.4 is 0 Å². The fourth-order valence-electron chi connectivity index (χ4n) is 5.94. The van der Waals surface area contributed by atoms with Gasteiger partial charge in [-0.2, -0.15) is 5.26 Å². The molecule has 2 aliphatic carbocycles. The highest BCUT2D eigenvalue weighted by Crippen LogP contribution is 2.45. The summed E-state index contributed by atoms with van der Waals surface area (Å²) in [6.07, 6.45) is 26.6. The zero-order chi connectivity index (χ0) is 21.0. The number of nitriles is 1. The second-order valence-electron chi connectivity index (χ2n) is 10.5. The summed E-state index contributed by atoms with van der Waals surface area (Å²) in [5, 5.41) is 9.87. The molecule has 166 valence electrons. The van der Waals surface area contributed by atoms with Gasteiger partial charge in [-0.3, -0.25) is 0 Å². The van der Waals surface area contributed by atoms with Crippen molar-refractivity contribution < 1.29 is 0 Å². The first kappa shape index (κ1) is 24.5. The highest BCUT2D eigenvalue weighted by molar-refractivity contribution is 5.11. The first-order valence-corrected chi connectivity index (χ1v) is 13.2. The summed E-state index contributed by atoms with van der Waals surface area (Å²) >= 11 is 0. The number of hydrogen-bond acceptors (Lipinski definition) is 1. The van der Waals surface area contributed by atoms with Crippen LogP contribution in [0.3, 0.4) is 0 Å². The largest absolute Gasteiger partial charge is 0.198 e. The Morgan fingerprint density at radius 2 is 1.48 bits per heavy atom. The normalized spacial score (nSPS) is 30.8. The van der Waals surface area contributed by atoms with E-state index in [1.54, 1.807) is 5.57 Å². The van der Waals surface area contributed by atoms with Crippen LogP contribution in [0.4, 0.5) is 0 Å². The van der Waals surface area contributed by atoms with Gasteiger partial charge in [0.1, 0.15) is 0 Å². The van der Waals surface area contributed by atoms with Crippen LogP contribution in [-0.4, -0.2) is 0 Å². The van der Waals surface area contributed by atoms with Crippen molar-refractivity contribution in [1.82, 2.24) is 0 Å². The summed E-state index contributed by atoms with van der Waals surface area (Å²) in [5.74, 6) is 2.59.